The molecule has 7 nitrogen and oxygen atoms in total. The lowest BCUT2D eigenvalue weighted by molar-refractivity contribution is -0.150. The zero-order valence-corrected chi connectivity index (χ0v) is 15.2. The lowest BCUT2D eigenvalue weighted by Crippen LogP contribution is -2.40. The summed E-state index contributed by atoms with van der Waals surface area (Å²) in [5.41, 5.74) is 1.29. The first-order valence-corrected chi connectivity index (χ1v) is 9.22. The number of nitrogens with one attached hydrogen (secondary N) is 1. The molecule has 26 heavy (non-hydrogen) atoms. The van der Waals surface area contributed by atoms with Crippen molar-refractivity contribution >= 4 is 22.9 Å². The van der Waals surface area contributed by atoms with Crippen LogP contribution in [0.3, 0.4) is 0 Å². The van der Waals surface area contributed by atoms with Crippen molar-refractivity contribution < 1.29 is 14.3 Å². The Kier molecular flexibility index (Phi) is 4.17. The minimum atomic E-state index is -0.464. The average Bonchev–Trinajstić information content (AvgIpc) is 3.15. The first-order chi connectivity index (χ1) is 12.4. The Morgan fingerprint density at radius 1 is 1.46 bits per heavy atom. The summed E-state index contributed by atoms with van der Waals surface area (Å²) < 4.78 is 5.35. The molecule has 0 spiro atoms. The highest BCUT2D eigenvalue weighted by Gasteiger charge is 2.41. The Balaban J connectivity index is 1.45. The van der Waals surface area contributed by atoms with Gasteiger partial charge in [-0.3, -0.25) is 14.7 Å². The molecule has 2 atom stereocenters. The number of aromatic amines is 1. The van der Waals surface area contributed by atoms with Crippen molar-refractivity contribution in [3.8, 4) is 0 Å². The minimum Gasteiger partial charge on any atom is -0.459 e. The number of likely N-dealkylation sites (tertiary alicyclic amines) is 1. The monoisotopic (exact) mass is 356 g/mol. The second kappa shape index (κ2) is 6.37. The molecule has 138 valence electrons. The molecule has 0 unspecified atom stereocenters. The quantitative estimate of drug-likeness (QED) is 0.853. The van der Waals surface area contributed by atoms with Crippen molar-refractivity contribution in [2.45, 2.75) is 51.0 Å². The number of carbonyl (C=O) groups is 2. The number of carbonyl (C=O) groups excluding carboxylic acids is 2. The van der Waals surface area contributed by atoms with Gasteiger partial charge in [0, 0.05) is 49.1 Å². The number of aromatic nitrogens is 3. The number of nitrogens with zero attached hydrogens (tertiary/aromatic N) is 3. The van der Waals surface area contributed by atoms with Crippen LogP contribution in [0.1, 0.15) is 51.1 Å². The van der Waals surface area contributed by atoms with Gasteiger partial charge in [-0.1, -0.05) is 0 Å². The smallest absolute Gasteiger partial charge is 0.310 e. The van der Waals surface area contributed by atoms with Gasteiger partial charge >= 0.3 is 5.97 Å². The number of ether oxygens (including phenoxy) is 1. The van der Waals surface area contributed by atoms with E-state index in [2.05, 4.69) is 15.2 Å². The number of pyridine rings is 1. The Morgan fingerprint density at radius 3 is 3.08 bits per heavy atom. The van der Waals surface area contributed by atoms with E-state index in [9.17, 15) is 9.59 Å². The largest absolute Gasteiger partial charge is 0.459 e. The summed E-state index contributed by atoms with van der Waals surface area (Å²) >= 11 is 0. The molecule has 0 saturated carbocycles. The second-order valence-corrected chi connectivity index (χ2v) is 7.98. The predicted molar refractivity (Wildman–Crippen MR) is 95.3 cm³/mol. The molecule has 2 saturated heterocycles. The van der Waals surface area contributed by atoms with Crippen molar-refractivity contribution in [3.63, 3.8) is 0 Å². The first kappa shape index (κ1) is 17.0. The molecule has 0 radical (unpaired) electrons. The summed E-state index contributed by atoms with van der Waals surface area (Å²) in [6.07, 6.45) is 4.52. The van der Waals surface area contributed by atoms with Gasteiger partial charge in [0.1, 0.15) is 5.60 Å². The molecular formula is C19H24N4O3. The van der Waals surface area contributed by atoms with Gasteiger partial charge in [-0.2, -0.15) is 5.10 Å². The van der Waals surface area contributed by atoms with Gasteiger partial charge in [0.25, 0.3) is 0 Å². The summed E-state index contributed by atoms with van der Waals surface area (Å²) in [4.78, 5) is 30.9. The first-order valence-electron chi connectivity index (χ1n) is 9.22. The van der Waals surface area contributed by atoms with E-state index >= 15 is 0 Å². The van der Waals surface area contributed by atoms with Gasteiger partial charge < -0.3 is 9.64 Å². The standard InChI is InChI=1S/C19H24N4O3/c1-19(2)10-13(18(25)26-19)9-15(24)23-8-4-5-12(11-23)16-14-6-3-7-20-17(14)22-21-16/h3,6-7,12-13H,4-5,8-11H2,1-2H3,(H,20,21,22)/t12-,13+/m1/s1. The zero-order valence-electron chi connectivity index (χ0n) is 15.2. The maximum atomic E-state index is 12.8. The maximum Gasteiger partial charge on any atom is 0.310 e. The number of hydrogen-bond acceptors (Lipinski definition) is 5. The van der Waals surface area contributed by atoms with Crippen LogP contribution in [0.2, 0.25) is 0 Å². The number of esters is 1. The van der Waals surface area contributed by atoms with Crippen molar-refractivity contribution in [3.05, 3.63) is 24.0 Å². The van der Waals surface area contributed by atoms with Gasteiger partial charge in [0.05, 0.1) is 5.92 Å². The van der Waals surface area contributed by atoms with Crippen LogP contribution in [0.4, 0.5) is 0 Å². The SMILES string of the molecule is CC1(C)C[C@H](CC(=O)N2CCC[C@@H](c3[nH]nc4ncccc34)C2)C(=O)O1. The van der Waals surface area contributed by atoms with E-state index in [1.165, 1.54) is 0 Å². The number of fused-ring (bicyclic) bond motifs is 1. The number of piperidine rings is 1. The van der Waals surface area contributed by atoms with Gasteiger partial charge in [0.2, 0.25) is 5.91 Å². The number of rotatable bonds is 3. The molecule has 2 aliphatic heterocycles. The molecule has 4 heterocycles. The molecule has 1 amide bonds. The number of cyclic esters (lactones) is 1. The highest BCUT2D eigenvalue weighted by atomic mass is 16.6. The van der Waals surface area contributed by atoms with E-state index in [-0.39, 0.29) is 30.1 Å². The Hall–Kier alpha value is -2.44. The zero-order chi connectivity index (χ0) is 18.3. The van der Waals surface area contributed by atoms with Crippen molar-refractivity contribution in [1.82, 2.24) is 20.1 Å². The molecule has 2 aromatic heterocycles. The minimum absolute atomic E-state index is 0.0382. The fourth-order valence-corrected chi connectivity index (χ4v) is 4.19. The summed E-state index contributed by atoms with van der Waals surface area (Å²) in [6.45, 7) is 5.17. The highest BCUT2D eigenvalue weighted by Crippen LogP contribution is 2.34. The van der Waals surface area contributed by atoms with Gasteiger partial charge in [-0.15, -0.1) is 0 Å². The topological polar surface area (TPSA) is 88.2 Å². The fourth-order valence-electron chi connectivity index (χ4n) is 4.19. The van der Waals surface area contributed by atoms with Crippen LogP contribution in [0.25, 0.3) is 11.0 Å². The molecule has 0 aliphatic carbocycles. The van der Waals surface area contributed by atoms with Gasteiger partial charge in [-0.25, -0.2) is 4.98 Å². The van der Waals surface area contributed by atoms with Crippen LogP contribution in [0.15, 0.2) is 18.3 Å². The van der Waals surface area contributed by atoms with Crippen LogP contribution >= 0.6 is 0 Å². The van der Waals surface area contributed by atoms with E-state index in [0.717, 1.165) is 30.5 Å². The Morgan fingerprint density at radius 2 is 2.31 bits per heavy atom. The normalized spacial score (nSPS) is 25.5. The van der Waals surface area contributed by atoms with Gasteiger partial charge in [-0.05, 0) is 38.8 Å². The number of H-pyrrole nitrogens is 1. The third-order valence-electron chi connectivity index (χ3n) is 5.41. The molecule has 0 bridgehead atoms. The fraction of sp³-hybridized carbons (Fsp3) is 0.579. The van der Waals surface area contributed by atoms with Crippen molar-refractivity contribution in [2.24, 2.45) is 5.92 Å². The lowest BCUT2D eigenvalue weighted by Gasteiger charge is -2.33. The third kappa shape index (κ3) is 3.18. The molecule has 2 aromatic rings. The van der Waals surface area contributed by atoms with Crippen LogP contribution in [-0.2, 0) is 14.3 Å². The van der Waals surface area contributed by atoms with Gasteiger partial charge in [0.15, 0.2) is 5.65 Å². The molecule has 0 aromatic carbocycles. The molecule has 1 N–H and O–H groups in total. The molecule has 7 heteroatoms. The van der Waals surface area contributed by atoms with E-state index in [0.29, 0.717) is 18.6 Å². The van der Waals surface area contributed by atoms with E-state index in [1.807, 2.05) is 30.9 Å². The van der Waals surface area contributed by atoms with Crippen LogP contribution in [-0.4, -0.2) is 50.6 Å². The summed E-state index contributed by atoms with van der Waals surface area (Å²) in [6, 6.07) is 3.92. The van der Waals surface area contributed by atoms with Crippen molar-refractivity contribution in [1.29, 1.82) is 0 Å². The van der Waals surface area contributed by atoms with E-state index in [4.69, 9.17) is 4.74 Å². The second-order valence-electron chi connectivity index (χ2n) is 7.98. The highest BCUT2D eigenvalue weighted by molar-refractivity contribution is 5.84. The molecule has 2 aliphatic rings. The summed E-state index contributed by atoms with van der Waals surface area (Å²) in [5, 5.41) is 8.40. The van der Waals surface area contributed by atoms with Crippen molar-refractivity contribution in [2.75, 3.05) is 13.1 Å². The summed E-state index contributed by atoms with van der Waals surface area (Å²) in [5.74, 6) is -0.317. The number of amides is 1. The number of hydrogen-bond donors (Lipinski definition) is 1. The Bertz CT molecular complexity index is 844. The Labute approximate surface area is 152 Å². The summed E-state index contributed by atoms with van der Waals surface area (Å²) in [7, 11) is 0. The molecular weight excluding hydrogens is 332 g/mol. The molecule has 4 rings (SSSR count). The lowest BCUT2D eigenvalue weighted by atomic mass is 9.91. The van der Waals surface area contributed by atoms with Crippen LogP contribution in [0, 0.1) is 5.92 Å². The maximum absolute atomic E-state index is 12.8. The van der Waals surface area contributed by atoms with Crippen LogP contribution in [0.5, 0.6) is 0 Å². The van der Waals surface area contributed by atoms with E-state index < -0.39 is 5.60 Å². The predicted octanol–water partition coefficient (Wildman–Crippen LogP) is 2.40. The van der Waals surface area contributed by atoms with Crippen LogP contribution < -0.4 is 0 Å². The average molecular weight is 356 g/mol. The molecule has 2 fully saturated rings. The van der Waals surface area contributed by atoms with E-state index in [1.54, 1.807) is 6.20 Å². The third-order valence-corrected chi connectivity index (χ3v) is 5.41.